The lowest BCUT2D eigenvalue weighted by Crippen LogP contribution is -2.48. The van der Waals surface area contributed by atoms with Crippen molar-refractivity contribution in [3.8, 4) is 6.07 Å². The topological polar surface area (TPSA) is 127 Å². The average Bonchev–Trinajstić information content (AvgIpc) is 2.38. The Morgan fingerprint density at radius 3 is 2.75 bits per heavy atom. The molecule has 2 heterocycles. The molecule has 3 N–H and O–H groups in total. The third-order valence-corrected chi connectivity index (χ3v) is 2.83. The Balaban J connectivity index is 2.50. The number of hydrogen-bond donors (Lipinski definition) is 3. The van der Waals surface area contributed by atoms with Gasteiger partial charge in [-0.1, -0.05) is 6.07 Å². The summed E-state index contributed by atoms with van der Waals surface area (Å²) in [6.45, 7) is 0. The van der Waals surface area contributed by atoms with Crippen LogP contribution >= 0.6 is 0 Å². The minimum Gasteiger partial charge on any atom is -0.509 e. The number of carboxylic acids is 1. The average molecular weight is 274 g/mol. The fourth-order valence-corrected chi connectivity index (χ4v) is 1.92. The Bertz CT molecular complexity index is 644. The van der Waals surface area contributed by atoms with E-state index in [0.29, 0.717) is 5.56 Å². The van der Waals surface area contributed by atoms with Crippen molar-refractivity contribution >= 4 is 11.9 Å². The van der Waals surface area contributed by atoms with Gasteiger partial charge < -0.3 is 10.2 Å². The second-order valence-corrected chi connectivity index (χ2v) is 4.10. The molecule has 8 heteroatoms. The van der Waals surface area contributed by atoms with E-state index in [1.807, 2.05) is 6.07 Å². The van der Waals surface area contributed by atoms with E-state index in [-0.39, 0.29) is 5.69 Å². The number of amides is 1. The van der Waals surface area contributed by atoms with Gasteiger partial charge in [-0.2, -0.15) is 5.26 Å². The number of hydrazine groups is 1. The molecule has 1 amide bonds. The van der Waals surface area contributed by atoms with Crippen LogP contribution in [0, 0.1) is 11.3 Å². The Kier molecular flexibility index (Phi) is 3.27. The maximum atomic E-state index is 11.9. The maximum Gasteiger partial charge on any atom is 0.357 e. The Morgan fingerprint density at radius 1 is 1.55 bits per heavy atom. The number of carbonyl (C=O) groups excluding carboxylic acids is 1. The molecule has 2 rings (SSSR count). The summed E-state index contributed by atoms with van der Waals surface area (Å²) in [6.07, 6.45) is 1.25. The number of nitrogens with one attached hydrogen (secondary N) is 1. The molecule has 1 aromatic heterocycles. The zero-order valence-electron chi connectivity index (χ0n) is 10.4. The van der Waals surface area contributed by atoms with Crippen molar-refractivity contribution in [2.75, 3.05) is 7.05 Å². The number of nitrogens with zero attached hydrogens (tertiary/aromatic N) is 3. The number of hydrogen-bond acceptors (Lipinski definition) is 6. The van der Waals surface area contributed by atoms with E-state index in [1.165, 1.54) is 25.4 Å². The van der Waals surface area contributed by atoms with Crippen LogP contribution in [0.2, 0.25) is 0 Å². The van der Waals surface area contributed by atoms with Gasteiger partial charge in [0.1, 0.15) is 23.4 Å². The number of aromatic nitrogens is 1. The van der Waals surface area contributed by atoms with E-state index >= 15 is 0 Å². The smallest absolute Gasteiger partial charge is 0.357 e. The van der Waals surface area contributed by atoms with Gasteiger partial charge in [0.2, 0.25) is 0 Å². The van der Waals surface area contributed by atoms with E-state index < -0.39 is 29.3 Å². The molecule has 1 unspecified atom stereocenters. The van der Waals surface area contributed by atoms with E-state index in [9.17, 15) is 14.7 Å². The van der Waals surface area contributed by atoms with Crippen LogP contribution in [0.3, 0.4) is 0 Å². The normalized spacial score (nSPS) is 18.5. The van der Waals surface area contributed by atoms with Gasteiger partial charge in [-0.3, -0.25) is 15.2 Å². The Labute approximate surface area is 113 Å². The number of pyridine rings is 1. The van der Waals surface area contributed by atoms with Crippen LogP contribution in [0.25, 0.3) is 0 Å². The summed E-state index contributed by atoms with van der Waals surface area (Å²) in [7, 11) is 1.31. The monoisotopic (exact) mass is 274 g/mol. The van der Waals surface area contributed by atoms with Gasteiger partial charge in [-0.05, 0) is 11.6 Å². The number of rotatable bonds is 2. The summed E-state index contributed by atoms with van der Waals surface area (Å²) < 4.78 is 0. The third kappa shape index (κ3) is 2.12. The zero-order valence-corrected chi connectivity index (χ0v) is 10.4. The van der Waals surface area contributed by atoms with Gasteiger partial charge in [0.15, 0.2) is 5.70 Å². The minimum absolute atomic E-state index is 0.156. The molecule has 8 nitrogen and oxygen atoms in total. The molecule has 0 aliphatic carbocycles. The van der Waals surface area contributed by atoms with Crippen LogP contribution in [0.1, 0.15) is 17.2 Å². The van der Waals surface area contributed by atoms with E-state index in [0.717, 1.165) is 5.01 Å². The highest BCUT2D eigenvalue weighted by atomic mass is 16.4. The predicted molar refractivity (Wildman–Crippen MR) is 64.9 cm³/mol. The lowest BCUT2D eigenvalue weighted by atomic mass is 9.95. The third-order valence-electron chi connectivity index (χ3n) is 2.83. The summed E-state index contributed by atoms with van der Waals surface area (Å²) in [5, 5.41) is 28.7. The first-order valence-corrected chi connectivity index (χ1v) is 5.52. The highest BCUT2D eigenvalue weighted by Gasteiger charge is 2.37. The number of aliphatic carboxylic acids is 1. The van der Waals surface area contributed by atoms with E-state index in [2.05, 4.69) is 10.4 Å². The number of aliphatic hydroxyl groups excluding tert-OH is 1. The van der Waals surface area contributed by atoms with Crippen molar-refractivity contribution in [1.82, 2.24) is 15.4 Å². The van der Waals surface area contributed by atoms with Crippen molar-refractivity contribution in [2.24, 2.45) is 0 Å². The van der Waals surface area contributed by atoms with Crippen molar-refractivity contribution in [2.45, 2.75) is 5.92 Å². The molecule has 1 aromatic rings. The molecule has 0 fully saturated rings. The van der Waals surface area contributed by atoms with Gasteiger partial charge in [0, 0.05) is 13.2 Å². The van der Waals surface area contributed by atoms with Gasteiger partial charge in [0.25, 0.3) is 5.91 Å². The quantitative estimate of drug-likeness (QED) is 0.685. The van der Waals surface area contributed by atoms with Gasteiger partial charge in [0.05, 0.1) is 0 Å². The highest BCUT2D eigenvalue weighted by Crippen LogP contribution is 2.29. The fourth-order valence-electron chi connectivity index (χ4n) is 1.92. The first-order chi connectivity index (χ1) is 9.45. The largest absolute Gasteiger partial charge is 0.509 e. The molecule has 0 saturated carbocycles. The molecular weight excluding hydrogens is 264 g/mol. The number of carbonyl (C=O) groups is 2. The summed E-state index contributed by atoms with van der Waals surface area (Å²) in [4.78, 5) is 26.8. The Hall–Kier alpha value is -3.08. The lowest BCUT2D eigenvalue weighted by Gasteiger charge is -2.30. The van der Waals surface area contributed by atoms with Crippen LogP contribution in [-0.4, -0.2) is 39.1 Å². The molecule has 1 aliphatic heterocycles. The minimum atomic E-state index is -1.36. The van der Waals surface area contributed by atoms with E-state index in [1.54, 1.807) is 0 Å². The summed E-state index contributed by atoms with van der Waals surface area (Å²) >= 11 is 0. The Morgan fingerprint density at radius 2 is 2.25 bits per heavy atom. The molecule has 1 atom stereocenters. The van der Waals surface area contributed by atoms with Crippen molar-refractivity contribution < 1.29 is 19.8 Å². The zero-order chi connectivity index (χ0) is 14.9. The van der Waals surface area contributed by atoms with Crippen molar-refractivity contribution in [3.05, 3.63) is 41.0 Å². The summed E-state index contributed by atoms with van der Waals surface area (Å²) in [6, 6.07) is 4.65. The molecule has 20 heavy (non-hydrogen) atoms. The molecule has 0 spiro atoms. The van der Waals surface area contributed by atoms with Crippen LogP contribution in [0.5, 0.6) is 0 Å². The molecule has 102 valence electrons. The van der Waals surface area contributed by atoms with Crippen molar-refractivity contribution in [1.29, 1.82) is 5.26 Å². The highest BCUT2D eigenvalue weighted by molar-refractivity contribution is 5.94. The van der Waals surface area contributed by atoms with Crippen LogP contribution < -0.4 is 5.43 Å². The number of aliphatic hydroxyl groups is 1. The SMILES string of the molecule is CN1NC(=O)C(c2ccc(C#N)nc2)C(O)=C1C(=O)O. The van der Waals surface area contributed by atoms with Crippen molar-refractivity contribution in [3.63, 3.8) is 0 Å². The predicted octanol–water partition coefficient (Wildman–Crippen LogP) is -0.132. The molecular formula is C12H10N4O4. The fraction of sp³-hybridized carbons (Fsp3) is 0.167. The van der Waals surface area contributed by atoms with E-state index in [4.69, 9.17) is 10.4 Å². The molecule has 0 aromatic carbocycles. The molecule has 0 radical (unpaired) electrons. The van der Waals surface area contributed by atoms with Crippen LogP contribution in [-0.2, 0) is 9.59 Å². The molecule has 0 bridgehead atoms. The maximum absolute atomic E-state index is 11.9. The second-order valence-electron chi connectivity index (χ2n) is 4.10. The van der Waals surface area contributed by atoms with Gasteiger partial charge in [-0.25, -0.2) is 9.78 Å². The molecule has 1 aliphatic rings. The van der Waals surface area contributed by atoms with Crippen LogP contribution in [0.15, 0.2) is 29.8 Å². The first-order valence-electron chi connectivity index (χ1n) is 5.52. The van der Waals surface area contributed by atoms with Crippen LogP contribution in [0.4, 0.5) is 0 Å². The molecule has 0 saturated heterocycles. The van der Waals surface area contributed by atoms with Gasteiger partial charge in [-0.15, -0.1) is 0 Å². The first kappa shape index (κ1) is 13.4. The van der Waals surface area contributed by atoms with Gasteiger partial charge >= 0.3 is 5.97 Å². The number of nitriles is 1. The lowest BCUT2D eigenvalue weighted by molar-refractivity contribution is -0.137. The standard InChI is InChI=1S/C12H10N4O4/c1-16-9(12(19)20)10(17)8(11(18)15-16)6-2-3-7(4-13)14-5-6/h2-3,5,8,17H,1H3,(H,15,18)(H,19,20). The number of carboxylic acid groups (broad SMARTS) is 1. The second kappa shape index (κ2) is 4.89. The number of likely N-dealkylation sites (N-methyl/N-ethyl adjacent to an activating group) is 1. The summed E-state index contributed by atoms with van der Waals surface area (Å²) in [5.41, 5.74) is 2.36. The summed E-state index contributed by atoms with van der Waals surface area (Å²) in [5.74, 6) is -3.69.